The third-order valence-corrected chi connectivity index (χ3v) is 7.24. The lowest BCUT2D eigenvalue weighted by Crippen LogP contribution is -2.47. The summed E-state index contributed by atoms with van der Waals surface area (Å²) in [5.74, 6) is 0.515. The molecule has 1 atom stereocenters. The van der Waals surface area contributed by atoms with Crippen molar-refractivity contribution in [2.24, 2.45) is 0 Å². The van der Waals surface area contributed by atoms with Crippen molar-refractivity contribution in [1.29, 1.82) is 5.26 Å². The van der Waals surface area contributed by atoms with Gasteiger partial charge in [0, 0.05) is 27.5 Å². The number of thioether (sulfide) groups is 1. The molecule has 2 aliphatic rings. The summed E-state index contributed by atoms with van der Waals surface area (Å²) < 4.78 is 0.978. The van der Waals surface area contributed by atoms with Gasteiger partial charge in [0.1, 0.15) is 0 Å². The number of halogens is 2. The highest BCUT2D eigenvalue weighted by Crippen LogP contribution is 2.44. The molecule has 0 radical (unpaired) electrons. The molecule has 2 aliphatic heterocycles. The smallest absolute Gasteiger partial charge is 0.229 e. The molecule has 2 heterocycles. The minimum Gasteiger partial charge on any atom is -0.343 e. The molecule has 0 saturated carbocycles. The molecule has 1 saturated heterocycles. The number of nitriles is 1. The van der Waals surface area contributed by atoms with Crippen molar-refractivity contribution in [3.63, 3.8) is 0 Å². The number of hydrogen-bond donors (Lipinski definition) is 0. The summed E-state index contributed by atoms with van der Waals surface area (Å²) >= 11 is 11.2. The highest BCUT2D eigenvalue weighted by atomic mass is 79.9. The van der Waals surface area contributed by atoms with Gasteiger partial charge in [-0.2, -0.15) is 5.26 Å². The second-order valence-electron chi connectivity index (χ2n) is 6.80. The molecule has 2 aromatic carbocycles. The standard InChI is InChI=1S/C21H17BrClN3OS/c1-13-18(23)3-2-4-19(13)25-11-26-20(27)9-16(14-5-7-15(22)8-6-14)17(10-24)21(26)28-12-25/h2-8,16H,9,11-12H2,1H3/t16-/m1/s1. The van der Waals surface area contributed by atoms with Crippen LogP contribution in [0.3, 0.4) is 0 Å². The van der Waals surface area contributed by atoms with E-state index in [1.54, 1.807) is 4.90 Å². The van der Waals surface area contributed by atoms with Gasteiger partial charge in [0.15, 0.2) is 0 Å². The maximum absolute atomic E-state index is 13.0. The quantitative estimate of drug-likeness (QED) is 0.566. The lowest BCUT2D eigenvalue weighted by Gasteiger charge is -2.42. The summed E-state index contributed by atoms with van der Waals surface area (Å²) in [4.78, 5) is 16.8. The molecule has 0 N–H and O–H groups in total. The Morgan fingerprint density at radius 2 is 2.00 bits per heavy atom. The number of allylic oxidation sites excluding steroid dienone is 1. The predicted octanol–water partition coefficient (Wildman–Crippen LogP) is 5.63. The Bertz CT molecular complexity index is 1020. The maximum Gasteiger partial charge on any atom is 0.229 e. The lowest BCUT2D eigenvalue weighted by molar-refractivity contribution is -0.129. The topological polar surface area (TPSA) is 47.3 Å². The summed E-state index contributed by atoms with van der Waals surface area (Å²) in [5, 5.41) is 11.4. The number of amides is 1. The number of benzene rings is 2. The van der Waals surface area contributed by atoms with Gasteiger partial charge in [-0.25, -0.2) is 0 Å². The predicted molar refractivity (Wildman–Crippen MR) is 117 cm³/mol. The molecule has 142 valence electrons. The van der Waals surface area contributed by atoms with Gasteiger partial charge in [0.2, 0.25) is 5.91 Å². The van der Waals surface area contributed by atoms with E-state index in [9.17, 15) is 10.1 Å². The van der Waals surface area contributed by atoms with Crippen LogP contribution in [0.1, 0.15) is 23.5 Å². The zero-order chi connectivity index (χ0) is 19.8. The first-order valence-corrected chi connectivity index (χ1v) is 11.0. The number of anilines is 1. The monoisotopic (exact) mass is 473 g/mol. The average molecular weight is 475 g/mol. The van der Waals surface area contributed by atoms with Gasteiger partial charge in [-0.05, 0) is 42.3 Å². The molecule has 28 heavy (non-hydrogen) atoms. The van der Waals surface area contributed by atoms with E-state index in [0.29, 0.717) is 29.6 Å². The molecule has 4 rings (SSSR count). The first kappa shape index (κ1) is 19.4. The van der Waals surface area contributed by atoms with Crippen LogP contribution in [0.5, 0.6) is 0 Å². The van der Waals surface area contributed by atoms with E-state index < -0.39 is 0 Å². The van der Waals surface area contributed by atoms with Crippen LogP contribution in [0.25, 0.3) is 0 Å². The van der Waals surface area contributed by atoms with E-state index >= 15 is 0 Å². The molecular weight excluding hydrogens is 458 g/mol. The summed E-state index contributed by atoms with van der Waals surface area (Å²) in [6, 6.07) is 16.0. The molecule has 0 bridgehead atoms. The number of rotatable bonds is 2. The van der Waals surface area contributed by atoms with Crippen molar-refractivity contribution in [3.05, 3.63) is 73.7 Å². The van der Waals surface area contributed by atoms with Crippen LogP contribution < -0.4 is 4.90 Å². The summed E-state index contributed by atoms with van der Waals surface area (Å²) in [7, 11) is 0. The Kier molecular flexibility index (Phi) is 5.42. The van der Waals surface area contributed by atoms with E-state index in [0.717, 1.165) is 26.3 Å². The number of nitrogens with zero attached hydrogens (tertiary/aromatic N) is 3. The van der Waals surface area contributed by atoms with Crippen LogP contribution in [0.15, 0.2) is 57.5 Å². The van der Waals surface area contributed by atoms with Gasteiger partial charge < -0.3 is 4.90 Å². The van der Waals surface area contributed by atoms with Crippen molar-refractivity contribution >= 4 is 50.9 Å². The summed E-state index contributed by atoms with van der Waals surface area (Å²) in [6.07, 6.45) is 0.303. The molecule has 1 fully saturated rings. The highest BCUT2D eigenvalue weighted by Gasteiger charge is 2.38. The van der Waals surface area contributed by atoms with Crippen molar-refractivity contribution in [1.82, 2.24) is 4.90 Å². The van der Waals surface area contributed by atoms with Gasteiger partial charge in [0.05, 0.1) is 29.2 Å². The molecule has 7 heteroatoms. The SMILES string of the molecule is Cc1c(Cl)cccc1N1CSC2=C(C#N)[C@@H](c3ccc(Br)cc3)CC(=O)N2C1. The van der Waals surface area contributed by atoms with Crippen molar-refractivity contribution in [3.8, 4) is 6.07 Å². The normalized spacial score (nSPS) is 19.5. The molecule has 4 nitrogen and oxygen atoms in total. The van der Waals surface area contributed by atoms with Crippen molar-refractivity contribution in [2.45, 2.75) is 19.3 Å². The summed E-state index contributed by atoms with van der Waals surface area (Å²) in [6.45, 7) is 2.41. The molecular formula is C21H17BrClN3OS. The molecule has 0 unspecified atom stereocenters. The van der Waals surface area contributed by atoms with Crippen LogP contribution in [-0.4, -0.2) is 23.4 Å². The van der Waals surface area contributed by atoms with Gasteiger partial charge in [0.25, 0.3) is 0 Å². The third-order valence-electron chi connectivity index (χ3n) is 5.15. The van der Waals surface area contributed by atoms with Crippen LogP contribution in [0, 0.1) is 18.3 Å². The first-order valence-electron chi connectivity index (χ1n) is 8.82. The third kappa shape index (κ3) is 3.43. The Hall–Kier alpha value is -1.94. The Labute approximate surface area is 181 Å². The molecule has 2 aromatic rings. The number of hydrogen-bond acceptors (Lipinski definition) is 4. The summed E-state index contributed by atoms with van der Waals surface area (Å²) in [5.41, 5.74) is 3.68. The van der Waals surface area contributed by atoms with Gasteiger partial charge in [-0.15, -0.1) is 0 Å². The maximum atomic E-state index is 13.0. The Morgan fingerprint density at radius 1 is 1.25 bits per heavy atom. The molecule has 0 spiro atoms. The Balaban J connectivity index is 1.68. The zero-order valence-electron chi connectivity index (χ0n) is 15.2. The second-order valence-corrected chi connectivity index (χ2v) is 9.06. The minimum atomic E-state index is -0.191. The fourth-order valence-corrected chi connectivity index (χ4v) is 5.23. The van der Waals surface area contributed by atoms with E-state index in [1.165, 1.54) is 11.8 Å². The zero-order valence-corrected chi connectivity index (χ0v) is 18.3. The average Bonchev–Trinajstić information content (AvgIpc) is 2.70. The largest absolute Gasteiger partial charge is 0.343 e. The van der Waals surface area contributed by atoms with Crippen LogP contribution in [-0.2, 0) is 4.79 Å². The van der Waals surface area contributed by atoms with E-state index in [-0.39, 0.29) is 11.8 Å². The van der Waals surface area contributed by atoms with Gasteiger partial charge in [-0.1, -0.05) is 57.5 Å². The van der Waals surface area contributed by atoms with Crippen LogP contribution in [0.2, 0.25) is 5.02 Å². The van der Waals surface area contributed by atoms with E-state index in [4.69, 9.17) is 11.6 Å². The molecule has 0 aliphatic carbocycles. The number of fused-ring (bicyclic) bond motifs is 1. The fraction of sp³-hybridized carbons (Fsp3) is 0.238. The first-order chi connectivity index (χ1) is 13.5. The van der Waals surface area contributed by atoms with E-state index in [1.807, 2.05) is 49.4 Å². The number of carbonyl (C=O) groups excluding carboxylic acids is 1. The lowest BCUT2D eigenvalue weighted by atomic mass is 9.86. The minimum absolute atomic E-state index is 0.0406. The van der Waals surface area contributed by atoms with Gasteiger partial charge in [-0.3, -0.25) is 9.69 Å². The van der Waals surface area contributed by atoms with Crippen LogP contribution >= 0.6 is 39.3 Å². The Morgan fingerprint density at radius 3 is 2.71 bits per heavy atom. The second kappa shape index (κ2) is 7.82. The van der Waals surface area contributed by atoms with Crippen molar-refractivity contribution < 1.29 is 4.79 Å². The fourth-order valence-electron chi connectivity index (χ4n) is 3.63. The molecule has 0 aromatic heterocycles. The highest BCUT2D eigenvalue weighted by molar-refractivity contribution is 9.10. The van der Waals surface area contributed by atoms with Gasteiger partial charge >= 0.3 is 0 Å². The van der Waals surface area contributed by atoms with Crippen LogP contribution in [0.4, 0.5) is 5.69 Å². The number of carbonyl (C=O) groups is 1. The van der Waals surface area contributed by atoms with Crippen molar-refractivity contribution in [2.75, 3.05) is 17.4 Å². The van der Waals surface area contributed by atoms with E-state index in [2.05, 4.69) is 26.9 Å². The molecule has 1 amide bonds.